The van der Waals surface area contributed by atoms with Crippen molar-refractivity contribution in [3.05, 3.63) is 46.4 Å². The molecule has 0 saturated heterocycles. The van der Waals surface area contributed by atoms with Crippen LogP contribution in [-0.2, 0) is 0 Å². The highest BCUT2D eigenvalue weighted by atomic mass is 16.1. The lowest BCUT2D eigenvalue weighted by Crippen LogP contribution is -2.10. The maximum atomic E-state index is 11.0. The van der Waals surface area contributed by atoms with Crippen LogP contribution in [0.25, 0.3) is 0 Å². The third-order valence-corrected chi connectivity index (χ3v) is 2.37. The van der Waals surface area contributed by atoms with Gasteiger partial charge in [-0.1, -0.05) is 12.1 Å². The Kier molecular flexibility index (Phi) is 3.87. The molecular formula is C12H14N6O. The van der Waals surface area contributed by atoms with Gasteiger partial charge in [-0.25, -0.2) is 5.43 Å². The van der Waals surface area contributed by atoms with Gasteiger partial charge < -0.3 is 4.90 Å². The van der Waals surface area contributed by atoms with Crippen molar-refractivity contribution < 1.29 is 0 Å². The molecule has 1 aromatic carbocycles. The normalized spacial score (nSPS) is 10.6. The minimum atomic E-state index is -0.331. The second-order valence-corrected chi connectivity index (χ2v) is 4.04. The van der Waals surface area contributed by atoms with Gasteiger partial charge >= 0.3 is 0 Å². The van der Waals surface area contributed by atoms with Gasteiger partial charge in [-0.2, -0.15) is 5.10 Å². The van der Waals surface area contributed by atoms with Gasteiger partial charge in [0.05, 0.1) is 6.21 Å². The van der Waals surface area contributed by atoms with Crippen LogP contribution in [0.1, 0.15) is 5.56 Å². The van der Waals surface area contributed by atoms with Crippen LogP contribution >= 0.6 is 0 Å². The summed E-state index contributed by atoms with van der Waals surface area (Å²) in [6.07, 6.45) is 2.72. The van der Waals surface area contributed by atoms with E-state index in [1.165, 1.54) is 0 Å². The molecule has 0 spiro atoms. The number of hydrazone groups is 1. The second kappa shape index (κ2) is 5.76. The Morgan fingerprint density at radius 3 is 2.68 bits per heavy atom. The van der Waals surface area contributed by atoms with E-state index in [1.54, 1.807) is 6.21 Å². The van der Waals surface area contributed by atoms with E-state index in [1.807, 2.05) is 43.3 Å². The lowest BCUT2D eigenvalue weighted by molar-refractivity contribution is 0.939. The van der Waals surface area contributed by atoms with Crippen LogP contribution in [0.2, 0.25) is 0 Å². The molecule has 1 heterocycles. The van der Waals surface area contributed by atoms with Crippen molar-refractivity contribution in [3.8, 4) is 0 Å². The van der Waals surface area contributed by atoms with Crippen LogP contribution in [0.4, 0.5) is 11.6 Å². The molecule has 0 radical (unpaired) electrons. The molecule has 2 N–H and O–H groups in total. The standard InChI is InChI=1S/C12H14N6O/c1-18(2)10-5-3-9(4-6-10)7-13-16-12-15-11(19)8-14-17-12/h3-8H,1-2H3,(H2,15,16,17,19). The summed E-state index contributed by atoms with van der Waals surface area (Å²) < 4.78 is 0. The number of hydrogen-bond acceptors (Lipinski definition) is 6. The molecule has 0 bridgehead atoms. The zero-order valence-corrected chi connectivity index (χ0v) is 10.7. The predicted octanol–water partition coefficient (Wildman–Crippen LogP) is 0.677. The molecule has 0 saturated carbocycles. The first-order valence-corrected chi connectivity index (χ1v) is 5.63. The zero-order chi connectivity index (χ0) is 13.7. The van der Waals surface area contributed by atoms with E-state index in [9.17, 15) is 4.79 Å². The van der Waals surface area contributed by atoms with Crippen molar-refractivity contribution in [2.45, 2.75) is 0 Å². The molecular weight excluding hydrogens is 244 g/mol. The highest BCUT2D eigenvalue weighted by molar-refractivity contribution is 5.80. The van der Waals surface area contributed by atoms with Crippen molar-refractivity contribution in [2.75, 3.05) is 24.4 Å². The highest BCUT2D eigenvalue weighted by Crippen LogP contribution is 2.10. The summed E-state index contributed by atoms with van der Waals surface area (Å²) in [5, 5.41) is 11.1. The molecule has 98 valence electrons. The van der Waals surface area contributed by atoms with E-state index in [4.69, 9.17) is 0 Å². The van der Waals surface area contributed by atoms with Crippen molar-refractivity contribution in [2.24, 2.45) is 5.10 Å². The van der Waals surface area contributed by atoms with E-state index < -0.39 is 0 Å². The minimum Gasteiger partial charge on any atom is -0.378 e. The largest absolute Gasteiger partial charge is 0.378 e. The molecule has 0 aliphatic carbocycles. The Morgan fingerprint density at radius 1 is 1.32 bits per heavy atom. The van der Waals surface area contributed by atoms with E-state index in [-0.39, 0.29) is 11.5 Å². The number of benzene rings is 1. The van der Waals surface area contributed by atoms with E-state index in [0.717, 1.165) is 17.4 Å². The molecule has 0 unspecified atom stereocenters. The Morgan fingerprint density at radius 2 is 2.05 bits per heavy atom. The molecule has 2 rings (SSSR count). The topological polar surface area (TPSA) is 86.3 Å². The van der Waals surface area contributed by atoms with Crippen molar-refractivity contribution in [1.82, 2.24) is 15.2 Å². The summed E-state index contributed by atoms with van der Waals surface area (Å²) in [7, 11) is 3.96. The quantitative estimate of drug-likeness (QED) is 0.622. The Bertz CT molecular complexity index is 617. The van der Waals surface area contributed by atoms with E-state index >= 15 is 0 Å². The summed E-state index contributed by atoms with van der Waals surface area (Å²) in [5.74, 6) is 0.202. The SMILES string of the molecule is CN(C)c1ccc(C=NNc2nncc(=O)[nH]2)cc1. The monoisotopic (exact) mass is 258 g/mol. The van der Waals surface area contributed by atoms with Crippen LogP contribution in [0.3, 0.4) is 0 Å². The fourth-order valence-corrected chi connectivity index (χ4v) is 1.39. The second-order valence-electron chi connectivity index (χ2n) is 4.04. The first kappa shape index (κ1) is 12.7. The number of nitrogens with zero attached hydrogens (tertiary/aromatic N) is 4. The number of nitrogens with one attached hydrogen (secondary N) is 2. The van der Waals surface area contributed by atoms with Gasteiger partial charge in [0.1, 0.15) is 6.20 Å². The summed E-state index contributed by atoms with van der Waals surface area (Å²) in [6.45, 7) is 0. The lowest BCUT2D eigenvalue weighted by Gasteiger charge is -2.11. The van der Waals surface area contributed by atoms with Gasteiger partial charge in [0.15, 0.2) is 0 Å². The van der Waals surface area contributed by atoms with Gasteiger partial charge in [0.25, 0.3) is 5.56 Å². The Hall–Kier alpha value is -2.70. The first-order valence-electron chi connectivity index (χ1n) is 5.63. The maximum absolute atomic E-state index is 11.0. The van der Waals surface area contributed by atoms with Crippen LogP contribution in [0, 0.1) is 0 Å². The van der Waals surface area contributed by atoms with Gasteiger partial charge in [-0.05, 0) is 17.7 Å². The third-order valence-electron chi connectivity index (χ3n) is 2.37. The molecule has 0 aliphatic rings. The average Bonchev–Trinajstić information content (AvgIpc) is 2.39. The summed E-state index contributed by atoms with van der Waals surface area (Å²) in [4.78, 5) is 15.4. The summed E-state index contributed by atoms with van der Waals surface area (Å²) in [6, 6.07) is 7.87. The molecule has 19 heavy (non-hydrogen) atoms. The van der Waals surface area contributed by atoms with Gasteiger partial charge in [0.2, 0.25) is 5.95 Å². The van der Waals surface area contributed by atoms with Crippen LogP contribution in [-0.4, -0.2) is 35.5 Å². The number of hydrogen-bond donors (Lipinski definition) is 2. The fraction of sp³-hybridized carbons (Fsp3) is 0.167. The molecule has 0 fully saturated rings. The lowest BCUT2D eigenvalue weighted by atomic mass is 10.2. The van der Waals surface area contributed by atoms with Crippen molar-refractivity contribution in [1.29, 1.82) is 0 Å². The van der Waals surface area contributed by atoms with Gasteiger partial charge in [0, 0.05) is 19.8 Å². The molecule has 7 heteroatoms. The molecule has 0 aliphatic heterocycles. The number of aromatic nitrogens is 3. The molecule has 0 atom stereocenters. The van der Waals surface area contributed by atoms with Gasteiger partial charge in [-0.15, -0.1) is 10.2 Å². The van der Waals surface area contributed by atoms with Gasteiger partial charge in [-0.3, -0.25) is 9.78 Å². The average molecular weight is 258 g/mol. The van der Waals surface area contributed by atoms with Crippen LogP contribution < -0.4 is 15.9 Å². The highest BCUT2D eigenvalue weighted by Gasteiger charge is 1.95. The van der Waals surface area contributed by atoms with E-state index in [2.05, 4.69) is 25.7 Å². The van der Waals surface area contributed by atoms with Crippen LogP contribution in [0.15, 0.2) is 40.4 Å². The summed E-state index contributed by atoms with van der Waals surface area (Å²) >= 11 is 0. The molecule has 2 aromatic rings. The number of aromatic amines is 1. The third kappa shape index (κ3) is 3.63. The Balaban J connectivity index is 2.01. The zero-order valence-electron chi connectivity index (χ0n) is 10.7. The fourth-order valence-electron chi connectivity index (χ4n) is 1.39. The smallest absolute Gasteiger partial charge is 0.271 e. The molecule has 1 aromatic heterocycles. The number of anilines is 2. The predicted molar refractivity (Wildman–Crippen MR) is 74.6 cm³/mol. The molecule has 7 nitrogen and oxygen atoms in total. The number of H-pyrrole nitrogens is 1. The summed E-state index contributed by atoms with van der Waals surface area (Å²) in [5.41, 5.74) is 4.32. The maximum Gasteiger partial charge on any atom is 0.271 e. The first-order chi connectivity index (χ1) is 9.15. The Labute approximate surface area is 110 Å². The van der Waals surface area contributed by atoms with E-state index in [0.29, 0.717) is 0 Å². The minimum absolute atomic E-state index is 0.202. The van der Waals surface area contributed by atoms with Crippen molar-refractivity contribution in [3.63, 3.8) is 0 Å². The molecule has 0 amide bonds. The van der Waals surface area contributed by atoms with Crippen molar-refractivity contribution >= 4 is 17.9 Å². The number of rotatable bonds is 4. The van der Waals surface area contributed by atoms with Crippen LogP contribution in [0.5, 0.6) is 0 Å².